The summed E-state index contributed by atoms with van der Waals surface area (Å²) in [5, 5.41) is 2.50. The van der Waals surface area contributed by atoms with Gasteiger partial charge in [-0.25, -0.2) is 9.59 Å². The number of unbranched alkanes of at least 4 members (excludes halogenated alkanes) is 1. The van der Waals surface area contributed by atoms with E-state index in [9.17, 15) is 24.0 Å². The van der Waals surface area contributed by atoms with Crippen LogP contribution in [0.4, 0.5) is 16.3 Å². The van der Waals surface area contributed by atoms with E-state index in [0.29, 0.717) is 12.2 Å². The number of anilines is 2. The van der Waals surface area contributed by atoms with Gasteiger partial charge in [0, 0.05) is 6.54 Å². The summed E-state index contributed by atoms with van der Waals surface area (Å²) in [5.41, 5.74) is 3.19. The van der Waals surface area contributed by atoms with E-state index in [0.717, 1.165) is 16.2 Å². The SMILES string of the molecule is CCCCn1c(N)c(N(Cc2ccco2)C(=O)CN2C(=O)NC(C)(C)C2=O)c(=O)[nH]c1=O. The molecule has 0 radical (unpaired) electrons. The second-order valence-electron chi connectivity index (χ2n) is 8.00. The molecule has 3 heterocycles. The van der Waals surface area contributed by atoms with Gasteiger partial charge in [-0.1, -0.05) is 13.3 Å². The second-order valence-corrected chi connectivity index (χ2v) is 8.00. The normalized spacial score (nSPS) is 15.2. The molecule has 4 amide bonds. The Morgan fingerprint density at radius 3 is 2.53 bits per heavy atom. The molecule has 0 unspecified atom stereocenters. The third kappa shape index (κ3) is 4.29. The topological polar surface area (TPSA) is 164 Å². The van der Waals surface area contributed by atoms with Crippen molar-refractivity contribution >= 4 is 29.4 Å². The molecular formula is C20H26N6O6. The number of carbonyl (C=O) groups is 3. The maximum Gasteiger partial charge on any atom is 0.330 e. The Bertz CT molecular complexity index is 1150. The molecule has 0 atom stereocenters. The lowest BCUT2D eigenvalue weighted by atomic mass is 10.1. The van der Waals surface area contributed by atoms with Gasteiger partial charge >= 0.3 is 11.7 Å². The fourth-order valence-corrected chi connectivity index (χ4v) is 3.41. The third-order valence-corrected chi connectivity index (χ3v) is 5.15. The number of amides is 4. The summed E-state index contributed by atoms with van der Waals surface area (Å²) >= 11 is 0. The predicted octanol–water partition coefficient (Wildman–Crippen LogP) is 0.376. The summed E-state index contributed by atoms with van der Waals surface area (Å²) in [5.74, 6) is -1.19. The van der Waals surface area contributed by atoms with Crippen molar-refractivity contribution in [1.82, 2.24) is 19.8 Å². The quantitative estimate of drug-likeness (QED) is 0.493. The Kier molecular flexibility index (Phi) is 6.23. The van der Waals surface area contributed by atoms with Crippen LogP contribution in [0.5, 0.6) is 0 Å². The van der Waals surface area contributed by atoms with E-state index in [4.69, 9.17) is 10.2 Å². The molecule has 12 nitrogen and oxygen atoms in total. The lowest BCUT2D eigenvalue weighted by Crippen LogP contribution is -2.47. The summed E-state index contributed by atoms with van der Waals surface area (Å²) in [6.07, 6.45) is 2.80. The zero-order valence-electron chi connectivity index (χ0n) is 18.1. The van der Waals surface area contributed by atoms with Crippen molar-refractivity contribution in [3.8, 4) is 0 Å². The molecule has 0 bridgehead atoms. The van der Waals surface area contributed by atoms with Crippen LogP contribution < -0.4 is 27.2 Å². The van der Waals surface area contributed by atoms with Crippen LogP contribution in [0.3, 0.4) is 0 Å². The largest absolute Gasteiger partial charge is 0.467 e. The number of nitrogen functional groups attached to an aromatic ring is 1. The molecule has 12 heteroatoms. The Labute approximate surface area is 183 Å². The van der Waals surface area contributed by atoms with E-state index < -0.39 is 41.2 Å². The molecular weight excluding hydrogens is 420 g/mol. The molecule has 3 rings (SSSR count). The van der Waals surface area contributed by atoms with Crippen LogP contribution in [0.25, 0.3) is 0 Å². The van der Waals surface area contributed by atoms with Crippen LogP contribution in [-0.4, -0.2) is 44.4 Å². The summed E-state index contributed by atoms with van der Waals surface area (Å²) in [6, 6.07) is 2.48. The molecule has 0 aliphatic carbocycles. The standard InChI is InChI=1S/C20H26N6O6/c1-4-5-8-24-15(21)14(16(28)22-18(24)30)25(10-12-7-6-9-32-12)13(27)11-26-17(29)20(2,3)23-19(26)31/h6-7,9H,4-5,8,10-11,21H2,1-3H3,(H,23,31)(H,22,28,30). The van der Waals surface area contributed by atoms with Crippen molar-refractivity contribution in [2.45, 2.75) is 52.2 Å². The van der Waals surface area contributed by atoms with Gasteiger partial charge in [0.1, 0.15) is 23.7 Å². The lowest BCUT2D eigenvalue weighted by Gasteiger charge is -2.25. The van der Waals surface area contributed by atoms with E-state index in [1.54, 1.807) is 12.1 Å². The van der Waals surface area contributed by atoms with Crippen LogP contribution in [0.15, 0.2) is 32.4 Å². The molecule has 0 aromatic carbocycles. The molecule has 1 aliphatic heterocycles. The first-order valence-corrected chi connectivity index (χ1v) is 10.2. The first-order chi connectivity index (χ1) is 15.1. The monoisotopic (exact) mass is 446 g/mol. The molecule has 0 saturated carbocycles. The fourth-order valence-electron chi connectivity index (χ4n) is 3.41. The number of rotatable bonds is 8. The van der Waals surface area contributed by atoms with Crippen molar-refractivity contribution in [3.63, 3.8) is 0 Å². The Morgan fingerprint density at radius 1 is 1.25 bits per heavy atom. The van der Waals surface area contributed by atoms with Gasteiger partial charge in [0.15, 0.2) is 5.69 Å². The number of aromatic amines is 1. The highest BCUT2D eigenvalue weighted by molar-refractivity contribution is 6.10. The van der Waals surface area contributed by atoms with E-state index in [1.807, 2.05) is 6.92 Å². The van der Waals surface area contributed by atoms with E-state index in [-0.39, 0.29) is 24.6 Å². The van der Waals surface area contributed by atoms with E-state index >= 15 is 0 Å². The van der Waals surface area contributed by atoms with Crippen molar-refractivity contribution < 1.29 is 18.8 Å². The van der Waals surface area contributed by atoms with Crippen molar-refractivity contribution in [2.75, 3.05) is 17.2 Å². The fraction of sp³-hybridized carbons (Fsp3) is 0.450. The maximum absolute atomic E-state index is 13.3. The number of nitrogens with zero attached hydrogens (tertiary/aromatic N) is 3. The summed E-state index contributed by atoms with van der Waals surface area (Å²) in [7, 11) is 0. The number of hydrogen-bond acceptors (Lipinski definition) is 7. The highest BCUT2D eigenvalue weighted by Gasteiger charge is 2.45. The van der Waals surface area contributed by atoms with E-state index in [1.165, 1.54) is 24.7 Å². The maximum atomic E-state index is 13.3. The zero-order chi connectivity index (χ0) is 23.6. The number of urea groups is 1. The van der Waals surface area contributed by atoms with E-state index in [2.05, 4.69) is 10.3 Å². The number of furan rings is 1. The molecule has 1 saturated heterocycles. The molecule has 0 spiro atoms. The lowest BCUT2D eigenvalue weighted by molar-refractivity contribution is -0.133. The zero-order valence-corrected chi connectivity index (χ0v) is 18.1. The second kappa shape index (κ2) is 8.73. The van der Waals surface area contributed by atoms with Crippen LogP contribution in [0.2, 0.25) is 0 Å². The van der Waals surface area contributed by atoms with Crippen molar-refractivity contribution in [3.05, 3.63) is 45.0 Å². The summed E-state index contributed by atoms with van der Waals surface area (Å²) in [4.78, 5) is 66.9. The number of nitrogens with one attached hydrogen (secondary N) is 2. The molecule has 2 aromatic rings. The number of nitrogens with two attached hydrogens (primary N) is 1. The molecule has 4 N–H and O–H groups in total. The first-order valence-electron chi connectivity index (χ1n) is 10.2. The third-order valence-electron chi connectivity index (χ3n) is 5.15. The summed E-state index contributed by atoms with van der Waals surface area (Å²) in [6.45, 7) is 4.39. The van der Waals surface area contributed by atoms with Crippen molar-refractivity contribution in [2.24, 2.45) is 0 Å². The van der Waals surface area contributed by atoms with Crippen LogP contribution in [0, 0.1) is 0 Å². The molecule has 1 aliphatic rings. The molecule has 2 aromatic heterocycles. The average molecular weight is 446 g/mol. The number of hydrogen-bond donors (Lipinski definition) is 3. The molecule has 1 fully saturated rings. The Balaban J connectivity index is 2.03. The van der Waals surface area contributed by atoms with Crippen LogP contribution >= 0.6 is 0 Å². The number of aromatic nitrogens is 2. The highest BCUT2D eigenvalue weighted by Crippen LogP contribution is 2.22. The average Bonchev–Trinajstić information content (AvgIpc) is 3.28. The minimum absolute atomic E-state index is 0.190. The van der Waals surface area contributed by atoms with Gasteiger partial charge in [-0.15, -0.1) is 0 Å². The Morgan fingerprint density at radius 2 is 1.97 bits per heavy atom. The number of carbonyl (C=O) groups excluding carboxylic acids is 3. The number of H-pyrrole nitrogens is 1. The van der Waals surface area contributed by atoms with Gasteiger partial charge in [-0.05, 0) is 32.4 Å². The highest BCUT2D eigenvalue weighted by atomic mass is 16.3. The van der Waals surface area contributed by atoms with Crippen molar-refractivity contribution in [1.29, 1.82) is 0 Å². The van der Waals surface area contributed by atoms with Crippen LogP contribution in [0.1, 0.15) is 39.4 Å². The Hall–Kier alpha value is -3.83. The summed E-state index contributed by atoms with van der Waals surface area (Å²) < 4.78 is 6.48. The van der Waals surface area contributed by atoms with Gasteiger partial charge in [0.2, 0.25) is 5.91 Å². The molecule has 172 valence electrons. The van der Waals surface area contributed by atoms with Gasteiger partial charge in [0.25, 0.3) is 11.5 Å². The smallest absolute Gasteiger partial charge is 0.330 e. The van der Waals surface area contributed by atoms with Gasteiger partial charge < -0.3 is 15.5 Å². The predicted molar refractivity (Wildman–Crippen MR) is 115 cm³/mol. The van der Waals surface area contributed by atoms with Crippen LogP contribution in [-0.2, 0) is 22.7 Å². The van der Waals surface area contributed by atoms with Gasteiger partial charge in [-0.3, -0.25) is 33.7 Å². The first kappa shape index (κ1) is 22.8. The molecule has 32 heavy (non-hydrogen) atoms. The minimum atomic E-state index is -1.16. The van der Waals surface area contributed by atoms with Gasteiger partial charge in [-0.2, -0.15) is 0 Å². The number of imide groups is 1. The van der Waals surface area contributed by atoms with Gasteiger partial charge in [0.05, 0.1) is 12.8 Å². The minimum Gasteiger partial charge on any atom is -0.467 e.